The first kappa shape index (κ1) is 12.5. The lowest BCUT2D eigenvalue weighted by molar-refractivity contribution is 0.0316. The van der Waals surface area contributed by atoms with E-state index in [1.807, 2.05) is 6.92 Å². The van der Waals surface area contributed by atoms with Crippen LogP contribution in [0.15, 0.2) is 18.2 Å². The smallest absolute Gasteiger partial charge is 0.163 e. The Morgan fingerprint density at radius 1 is 1.41 bits per heavy atom. The van der Waals surface area contributed by atoms with Crippen LogP contribution in [-0.4, -0.2) is 29.2 Å². The molecular weight excluding hydrogens is 224 g/mol. The SMILES string of the molecule is CC1CN(Cc2cccc(F)c2F)CCC1O. The maximum atomic E-state index is 13.5. The van der Waals surface area contributed by atoms with Gasteiger partial charge in [0.2, 0.25) is 0 Å². The molecule has 1 aromatic carbocycles. The first-order valence-corrected chi connectivity index (χ1v) is 5.91. The van der Waals surface area contributed by atoms with Crippen molar-refractivity contribution in [2.45, 2.75) is 26.0 Å². The summed E-state index contributed by atoms with van der Waals surface area (Å²) in [6.07, 6.45) is 0.418. The number of halogens is 2. The number of aliphatic hydroxyl groups is 1. The lowest BCUT2D eigenvalue weighted by Gasteiger charge is -2.34. The summed E-state index contributed by atoms with van der Waals surface area (Å²) < 4.78 is 26.5. The van der Waals surface area contributed by atoms with Gasteiger partial charge in [-0.05, 0) is 18.4 Å². The van der Waals surface area contributed by atoms with Crippen LogP contribution >= 0.6 is 0 Å². The van der Waals surface area contributed by atoms with E-state index in [0.717, 1.165) is 19.2 Å². The van der Waals surface area contributed by atoms with Gasteiger partial charge >= 0.3 is 0 Å². The molecule has 0 spiro atoms. The van der Waals surface area contributed by atoms with Crippen LogP contribution in [0.3, 0.4) is 0 Å². The van der Waals surface area contributed by atoms with Gasteiger partial charge in [-0.15, -0.1) is 0 Å². The van der Waals surface area contributed by atoms with E-state index >= 15 is 0 Å². The number of nitrogens with zero attached hydrogens (tertiary/aromatic N) is 1. The van der Waals surface area contributed by atoms with Crippen LogP contribution in [0.5, 0.6) is 0 Å². The molecule has 0 aromatic heterocycles. The Morgan fingerprint density at radius 2 is 2.18 bits per heavy atom. The topological polar surface area (TPSA) is 23.5 Å². The molecule has 0 radical (unpaired) electrons. The van der Waals surface area contributed by atoms with Crippen molar-refractivity contribution in [1.29, 1.82) is 0 Å². The number of rotatable bonds is 2. The van der Waals surface area contributed by atoms with Crippen LogP contribution in [0.4, 0.5) is 8.78 Å². The molecule has 2 rings (SSSR count). The molecule has 0 saturated carbocycles. The summed E-state index contributed by atoms with van der Waals surface area (Å²) in [4.78, 5) is 2.05. The molecule has 2 atom stereocenters. The monoisotopic (exact) mass is 241 g/mol. The molecular formula is C13H17F2NO. The van der Waals surface area contributed by atoms with Gasteiger partial charge in [-0.3, -0.25) is 4.90 Å². The van der Waals surface area contributed by atoms with Gasteiger partial charge in [0.25, 0.3) is 0 Å². The average molecular weight is 241 g/mol. The van der Waals surface area contributed by atoms with Crippen LogP contribution in [0, 0.1) is 17.6 Å². The molecule has 0 aliphatic carbocycles. The van der Waals surface area contributed by atoms with Crippen LogP contribution in [0.1, 0.15) is 18.9 Å². The minimum absolute atomic E-state index is 0.181. The standard InChI is InChI=1S/C13H17F2NO/c1-9-7-16(6-5-12(9)17)8-10-3-2-4-11(14)13(10)15/h2-4,9,12,17H,5-8H2,1H3. The van der Waals surface area contributed by atoms with Crippen molar-refractivity contribution in [2.24, 2.45) is 5.92 Å². The summed E-state index contributed by atoms with van der Waals surface area (Å²) in [6.45, 7) is 3.82. The summed E-state index contributed by atoms with van der Waals surface area (Å²) in [5.41, 5.74) is 0.383. The molecule has 1 aliphatic rings. The number of piperidine rings is 1. The molecule has 1 fully saturated rings. The number of aliphatic hydroxyl groups excluding tert-OH is 1. The Bertz CT molecular complexity index is 397. The maximum Gasteiger partial charge on any atom is 0.163 e. The molecule has 1 aromatic rings. The largest absolute Gasteiger partial charge is 0.393 e. The van der Waals surface area contributed by atoms with Gasteiger partial charge in [0.15, 0.2) is 11.6 Å². The number of benzene rings is 1. The normalized spacial score (nSPS) is 26.1. The van der Waals surface area contributed by atoms with Crippen molar-refractivity contribution in [3.63, 3.8) is 0 Å². The zero-order valence-corrected chi connectivity index (χ0v) is 9.87. The van der Waals surface area contributed by atoms with E-state index in [-0.39, 0.29) is 12.0 Å². The van der Waals surface area contributed by atoms with Gasteiger partial charge < -0.3 is 5.11 Å². The van der Waals surface area contributed by atoms with Gasteiger partial charge in [-0.1, -0.05) is 19.1 Å². The highest BCUT2D eigenvalue weighted by atomic mass is 19.2. The Kier molecular flexibility index (Phi) is 3.74. The maximum absolute atomic E-state index is 13.5. The molecule has 1 saturated heterocycles. The van der Waals surface area contributed by atoms with E-state index in [2.05, 4.69) is 4.90 Å². The number of hydrogen-bond acceptors (Lipinski definition) is 2. The number of likely N-dealkylation sites (tertiary alicyclic amines) is 1. The zero-order chi connectivity index (χ0) is 12.4. The second-order valence-corrected chi connectivity index (χ2v) is 4.78. The molecule has 4 heteroatoms. The van der Waals surface area contributed by atoms with E-state index in [4.69, 9.17) is 0 Å². The van der Waals surface area contributed by atoms with Crippen molar-refractivity contribution in [3.8, 4) is 0 Å². The van der Waals surface area contributed by atoms with Crippen molar-refractivity contribution in [1.82, 2.24) is 4.90 Å². The summed E-state index contributed by atoms with van der Waals surface area (Å²) in [7, 11) is 0. The van der Waals surface area contributed by atoms with Gasteiger partial charge in [0.1, 0.15) is 0 Å². The van der Waals surface area contributed by atoms with E-state index in [1.165, 1.54) is 6.07 Å². The molecule has 17 heavy (non-hydrogen) atoms. The molecule has 1 aliphatic heterocycles. The summed E-state index contributed by atoms with van der Waals surface area (Å²) >= 11 is 0. The van der Waals surface area contributed by atoms with Crippen molar-refractivity contribution >= 4 is 0 Å². The van der Waals surface area contributed by atoms with Crippen molar-refractivity contribution in [2.75, 3.05) is 13.1 Å². The molecule has 1 heterocycles. The fourth-order valence-electron chi connectivity index (χ4n) is 2.27. The minimum Gasteiger partial charge on any atom is -0.393 e. The predicted molar refractivity (Wildman–Crippen MR) is 61.4 cm³/mol. The second kappa shape index (κ2) is 5.10. The number of hydrogen-bond donors (Lipinski definition) is 1. The molecule has 94 valence electrons. The van der Waals surface area contributed by atoms with Crippen LogP contribution in [0.2, 0.25) is 0 Å². The second-order valence-electron chi connectivity index (χ2n) is 4.78. The van der Waals surface area contributed by atoms with Gasteiger partial charge in [0, 0.05) is 25.2 Å². The fourth-order valence-corrected chi connectivity index (χ4v) is 2.27. The zero-order valence-electron chi connectivity index (χ0n) is 9.87. The first-order valence-electron chi connectivity index (χ1n) is 5.91. The summed E-state index contributed by atoms with van der Waals surface area (Å²) in [5, 5.41) is 9.60. The fraction of sp³-hybridized carbons (Fsp3) is 0.538. The van der Waals surface area contributed by atoms with Gasteiger partial charge in [-0.2, -0.15) is 0 Å². The highest BCUT2D eigenvalue weighted by Crippen LogP contribution is 2.20. The van der Waals surface area contributed by atoms with Gasteiger partial charge in [0.05, 0.1) is 6.10 Å². The van der Waals surface area contributed by atoms with Crippen molar-refractivity contribution in [3.05, 3.63) is 35.4 Å². The third-order valence-corrected chi connectivity index (χ3v) is 3.37. The third-order valence-electron chi connectivity index (χ3n) is 3.37. The Labute approximate surface area is 99.9 Å². The molecule has 0 bridgehead atoms. The quantitative estimate of drug-likeness (QED) is 0.857. The lowest BCUT2D eigenvalue weighted by Crippen LogP contribution is -2.41. The van der Waals surface area contributed by atoms with Crippen LogP contribution < -0.4 is 0 Å². The van der Waals surface area contributed by atoms with E-state index < -0.39 is 11.6 Å². The minimum atomic E-state index is -0.799. The predicted octanol–water partition coefficient (Wildman–Crippen LogP) is 2.17. The Morgan fingerprint density at radius 3 is 2.88 bits per heavy atom. The van der Waals surface area contributed by atoms with E-state index in [0.29, 0.717) is 18.5 Å². The van der Waals surface area contributed by atoms with Gasteiger partial charge in [-0.25, -0.2) is 8.78 Å². The molecule has 2 nitrogen and oxygen atoms in total. The molecule has 1 N–H and O–H groups in total. The molecule has 2 unspecified atom stereocenters. The van der Waals surface area contributed by atoms with Crippen LogP contribution in [-0.2, 0) is 6.54 Å². The third kappa shape index (κ3) is 2.82. The highest BCUT2D eigenvalue weighted by molar-refractivity contribution is 5.18. The average Bonchev–Trinajstić information content (AvgIpc) is 2.30. The molecule has 0 amide bonds. The summed E-state index contributed by atoms with van der Waals surface area (Å²) in [5.74, 6) is -1.38. The Hall–Kier alpha value is -1.00. The lowest BCUT2D eigenvalue weighted by atomic mass is 9.96. The summed E-state index contributed by atoms with van der Waals surface area (Å²) in [6, 6.07) is 4.26. The van der Waals surface area contributed by atoms with E-state index in [9.17, 15) is 13.9 Å². The Balaban J connectivity index is 2.04. The highest BCUT2D eigenvalue weighted by Gasteiger charge is 2.24. The van der Waals surface area contributed by atoms with Crippen LogP contribution in [0.25, 0.3) is 0 Å². The first-order chi connectivity index (χ1) is 8.08. The van der Waals surface area contributed by atoms with E-state index in [1.54, 1.807) is 6.07 Å². The van der Waals surface area contributed by atoms with Crippen molar-refractivity contribution < 1.29 is 13.9 Å².